The minimum absolute atomic E-state index is 0.893. The molecule has 1 aromatic heterocycles. The van der Waals surface area contributed by atoms with Gasteiger partial charge < -0.3 is 0 Å². The monoisotopic (exact) mass is 164 g/mol. The first-order chi connectivity index (χ1) is 5.84. The van der Waals surface area contributed by atoms with Gasteiger partial charge in [-0.05, 0) is 31.2 Å². The molecule has 1 fully saturated rings. The van der Waals surface area contributed by atoms with Gasteiger partial charge >= 0.3 is 0 Å². The molecule has 0 amide bonds. The van der Waals surface area contributed by atoms with E-state index < -0.39 is 0 Å². The first kappa shape index (κ1) is 7.84. The maximum Gasteiger partial charge on any atom is 0.0518 e. The molecule has 0 radical (unpaired) electrons. The van der Waals surface area contributed by atoms with Crippen molar-refractivity contribution in [2.45, 2.75) is 39.2 Å². The van der Waals surface area contributed by atoms with Crippen LogP contribution in [0.3, 0.4) is 0 Å². The molecule has 1 aliphatic carbocycles. The van der Waals surface area contributed by atoms with Crippen LogP contribution in [-0.2, 0) is 6.54 Å². The predicted molar refractivity (Wildman–Crippen MR) is 48.9 cm³/mol. The van der Waals surface area contributed by atoms with Gasteiger partial charge in [0.2, 0.25) is 0 Å². The van der Waals surface area contributed by atoms with E-state index in [1.165, 1.54) is 31.2 Å². The van der Waals surface area contributed by atoms with E-state index in [1.54, 1.807) is 0 Å². The van der Waals surface area contributed by atoms with Gasteiger partial charge in [0.1, 0.15) is 0 Å². The zero-order valence-electron chi connectivity index (χ0n) is 7.66. The Bertz CT molecular complexity index is 246. The number of hydrogen-bond acceptors (Lipinski definition) is 1. The van der Waals surface area contributed by atoms with Crippen molar-refractivity contribution in [3.63, 3.8) is 0 Å². The van der Waals surface area contributed by atoms with Gasteiger partial charge in [0.05, 0.1) is 6.20 Å². The Morgan fingerprint density at radius 1 is 1.50 bits per heavy atom. The summed E-state index contributed by atoms with van der Waals surface area (Å²) >= 11 is 0. The van der Waals surface area contributed by atoms with E-state index in [0.717, 1.165) is 12.5 Å². The fourth-order valence-electron chi connectivity index (χ4n) is 2.02. The second-order valence-corrected chi connectivity index (χ2v) is 3.89. The molecule has 0 aliphatic heterocycles. The summed E-state index contributed by atoms with van der Waals surface area (Å²) in [6.07, 6.45) is 9.72. The fraction of sp³-hybridized carbons (Fsp3) is 0.700. The molecule has 0 spiro atoms. The summed E-state index contributed by atoms with van der Waals surface area (Å²) < 4.78 is 2.09. The van der Waals surface area contributed by atoms with Crippen LogP contribution in [0.25, 0.3) is 0 Å². The van der Waals surface area contributed by atoms with Crippen LogP contribution in [0.5, 0.6) is 0 Å². The number of aromatic nitrogens is 2. The van der Waals surface area contributed by atoms with Crippen molar-refractivity contribution >= 4 is 0 Å². The van der Waals surface area contributed by atoms with Crippen LogP contribution >= 0.6 is 0 Å². The highest BCUT2D eigenvalue weighted by atomic mass is 15.3. The fourth-order valence-corrected chi connectivity index (χ4v) is 2.02. The van der Waals surface area contributed by atoms with Crippen LogP contribution in [-0.4, -0.2) is 9.78 Å². The molecule has 1 aliphatic rings. The molecule has 1 aromatic rings. The molecule has 0 bridgehead atoms. The van der Waals surface area contributed by atoms with E-state index in [-0.39, 0.29) is 0 Å². The van der Waals surface area contributed by atoms with Crippen molar-refractivity contribution in [1.29, 1.82) is 0 Å². The molecular weight excluding hydrogens is 148 g/mol. The highest BCUT2D eigenvalue weighted by Gasteiger charge is 2.15. The van der Waals surface area contributed by atoms with Gasteiger partial charge in [-0.2, -0.15) is 5.10 Å². The first-order valence-corrected chi connectivity index (χ1v) is 4.83. The maximum absolute atomic E-state index is 4.30. The smallest absolute Gasteiger partial charge is 0.0518 e. The van der Waals surface area contributed by atoms with Crippen LogP contribution in [0.1, 0.15) is 31.2 Å². The van der Waals surface area contributed by atoms with Gasteiger partial charge in [-0.25, -0.2) is 0 Å². The van der Waals surface area contributed by atoms with Crippen LogP contribution in [0, 0.1) is 12.8 Å². The van der Waals surface area contributed by atoms with Crippen molar-refractivity contribution in [2.75, 3.05) is 0 Å². The topological polar surface area (TPSA) is 17.8 Å². The third-order valence-corrected chi connectivity index (χ3v) is 2.68. The standard InChI is InChI=1S/C10H16N2/c1-9-6-11-12(7-9)8-10-4-2-3-5-10/h6-7,10H,2-5,8H2,1H3. The highest BCUT2D eigenvalue weighted by Crippen LogP contribution is 2.25. The Morgan fingerprint density at radius 3 is 2.83 bits per heavy atom. The lowest BCUT2D eigenvalue weighted by atomic mass is 10.1. The molecule has 2 heteroatoms. The van der Waals surface area contributed by atoms with Crippen LogP contribution in [0.4, 0.5) is 0 Å². The Kier molecular flexibility index (Phi) is 2.15. The van der Waals surface area contributed by atoms with Gasteiger partial charge in [0.15, 0.2) is 0 Å². The molecule has 12 heavy (non-hydrogen) atoms. The minimum Gasteiger partial charge on any atom is -0.272 e. The van der Waals surface area contributed by atoms with E-state index in [0.29, 0.717) is 0 Å². The average Bonchev–Trinajstić information content (AvgIpc) is 2.63. The normalized spacial score (nSPS) is 18.8. The second kappa shape index (κ2) is 3.30. The molecule has 2 rings (SSSR count). The van der Waals surface area contributed by atoms with Crippen molar-refractivity contribution < 1.29 is 0 Å². The van der Waals surface area contributed by atoms with Gasteiger partial charge in [-0.15, -0.1) is 0 Å². The molecule has 1 saturated carbocycles. The largest absolute Gasteiger partial charge is 0.272 e. The molecule has 0 atom stereocenters. The Labute approximate surface area is 73.6 Å². The van der Waals surface area contributed by atoms with E-state index >= 15 is 0 Å². The van der Waals surface area contributed by atoms with Crippen LogP contribution in [0.2, 0.25) is 0 Å². The van der Waals surface area contributed by atoms with Crippen molar-refractivity contribution in [1.82, 2.24) is 9.78 Å². The number of rotatable bonds is 2. The molecule has 0 aromatic carbocycles. The summed E-state index contributed by atoms with van der Waals surface area (Å²) in [6, 6.07) is 0. The molecule has 0 N–H and O–H groups in total. The van der Waals surface area contributed by atoms with E-state index in [1.807, 2.05) is 6.20 Å². The molecule has 0 unspecified atom stereocenters. The van der Waals surface area contributed by atoms with Crippen molar-refractivity contribution in [3.8, 4) is 0 Å². The Hall–Kier alpha value is -0.790. The molecule has 0 saturated heterocycles. The minimum atomic E-state index is 0.893. The zero-order valence-corrected chi connectivity index (χ0v) is 7.66. The summed E-state index contributed by atoms with van der Waals surface area (Å²) in [7, 11) is 0. The summed E-state index contributed by atoms with van der Waals surface area (Å²) in [5, 5.41) is 4.30. The van der Waals surface area contributed by atoms with Gasteiger partial charge in [0, 0.05) is 12.7 Å². The lowest BCUT2D eigenvalue weighted by Crippen LogP contribution is -2.07. The van der Waals surface area contributed by atoms with E-state index in [4.69, 9.17) is 0 Å². The maximum atomic E-state index is 4.30. The molecule has 66 valence electrons. The summed E-state index contributed by atoms with van der Waals surface area (Å²) in [5.74, 6) is 0.893. The highest BCUT2D eigenvalue weighted by molar-refractivity contribution is 4.99. The second-order valence-electron chi connectivity index (χ2n) is 3.89. The van der Waals surface area contributed by atoms with E-state index in [2.05, 4.69) is 22.9 Å². The Morgan fingerprint density at radius 2 is 2.25 bits per heavy atom. The van der Waals surface area contributed by atoms with Crippen molar-refractivity contribution in [2.24, 2.45) is 5.92 Å². The predicted octanol–water partition coefficient (Wildman–Crippen LogP) is 2.38. The first-order valence-electron chi connectivity index (χ1n) is 4.83. The molecule has 2 nitrogen and oxygen atoms in total. The third kappa shape index (κ3) is 1.68. The summed E-state index contributed by atoms with van der Waals surface area (Å²) in [6.45, 7) is 3.23. The van der Waals surface area contributed by atoms with Gasteiger partial charge in [-0.1, -0.05) is 12.8 Å². The van der Waals surface area contributed by atoms with Crippen molar-refractivity contribution in [3.05, 3.63) is 18.0 Å². The average molecular weight is 164 g/mol. The Balaban J connectivity index is 1.94. The quantitative estimate of drug-likeness (QED) is 0.656. The lowest BCUT2D eigenvalue weighted by Gasteiger charge is -2.07. The van der Waals surface area contributed by atoms with Gasteiger partial charge in [0.25, 0.3) is 0 Å². The summed E-state index contributed by atoms with van der Waals surface area (Å²) in [4.78, 5) is 0. The zero-order chi connectivity index (χ0) is 8.39. The SMILES string of the molecule is Cc1cnn(CC2CCCC2)c1. The van der Waals surface area contributed by atoms with Gasteiger partial charge in [-0.3, -0.25) is 4.68 Å². The lowest BCUT2D eigenvalue weighted by molar-refractivity contribution is 0.429. The van der Waals surface area contributed by atoms with Crippen LogP contribution in [0.15, 0.2) is 12.4 Å². The third-order valence-electron chi connectivity index (χ3n) is 2.68. The van der Waals surface area contributed by atoms with E-state index in [9.17, 15) is 0 Å². The molecular formula is C10H16N2. The number of hydrogen-bond donors (Lipinski definition) is 0. The number of aryl methyl sites for hydroxylation is 1. The summed E-state index contributed by atoms with van der Waals surface area (Å²) in [5.41, 5.74) is 1.27. The van der Waals surface area contributed by atoms with Crippen LogP contribution < -0.4 is 0 Å². The number of nitrogens with zero attached hydrogens (tertiary/aromatic N) is 2. The molecule has 1 heterocycles.